The highest BCUT2D eigenvalue weighted by Gasteiger charge is 2.53. The zero-order valence-corrected chi connectivity index (χ0v) is 75.8. The highest BCUT2D eigenvalue weighted by Crippen LogP contribution is 2.59. The predicted octanol–water partition coefficient (Wildman–Crippen LogP) is 8.31. The topological polar surface area (TPSA) is 532 Å². The maximum Gasteiger partial charge on any atom is 0.325 e. The minimum absolute atomic E-state index is 0.0487. The fourth-order valence-corrected chi connectivity index (χ4v) is 20.4. The number of benzene rings is 6. The van der Waals surface area contributed by atoms with Gasteiger partial charge in [-0.05, 0) is 202 Å². The van der Waals surface area contributed by atoms with E-state index in [4.69, 9.17) is 66.8 Å². The second kappa shape index (κ2) is 42.1. The van der Waals surface area contributed by atoms with Gasteiger partial charge >= 0.3 is 6.03 Å². The third-order valence-electron chi connectivity index (χ3n) is 26.6. The average Bonchev–Trinajstić information content (AvgIpc) is 0.752. The second-order valence-corrected chi connectivity index (χ2v) is 37.4. The smallest absolute Gasteiger partial charge is 0.325 e. The van der Waals surface area contributed by atoms with Crippen LogP contribution in [-0.4, -0.2) is 212 Å². The summed E-state index contributed by atoms with van der Waals surface area (Å²) < 4.78 is 51.4. The van der Waals surface area contributed by atoms with Crippen molar-refractivity contribution in [3.8, 4) is 68.6 Å². The molecule has 6 fully saturated rings. The summed E-state index contributed by atoms with van der Waals surface area (Å²) in [5, 5.41) is 129. The molecule has 0 unspecified atom stereocenters. The van der Waals surface area contributed by atoms with Gasteiger partial charge in [0.15, 0.2) is 41.2 Å². The van der Waals surface area contributed by atoms with E-state index >= 15 is 33.6 Å². The van der Waals surface area contributed by atoms with E-state index in [1.807, 2.05) is 27.7 Å². The van der Waals surface area contributed by atoms with Crippen LogP contribution < -0.4 is 72.0 Å². The Morgan fingerprint density at radius 2 is 1.31 bits per heavy atom. The third-order valence-corrected chi connectivity index (χ3v) is 27.2. The lowest BCUT2D eigenvalue weighted by molar-refractivity contribution is -0.333. The monoisotopic (exact) mass is 1870 g/mol. The normalized spacial score (nSPS) is 29.5. The van der Waals surface area contributed by atoms with E-state index in [9.17, 15) is 55.5 Å². The van der Waals surface area contributed by atoms with E-state index in [0.717, 1.165) is 68.5 Å². The van der Waals surface area contributed by atoms with Gasteiger partial charge in [-0.25, -0.2) is 4.79 Å². The summed E-state index contributed by atoms with van der Waals surface area (Å²) in [5.74, 6) is -16.1. The number of Topliss-reactive ketones (excluding diaryl/α,β-unsaturated/α-hetero) is 3. The molecule has 15 bridgehead atoms. The van der Waals surface area contributed by atoms with E-state index in [2.05, 4.69) is 42.5 Å². The fourth-order valence-electron chi connectivity index (χ4n) is 20.0. The number of halogens is 2. The molecule has 7 amide bonds. The highest BCUT2D eigenvalue weighted by atomic mass is 35.5. The molecule has 4 saturated carbocycles. The van der Waals surface area contributed by atoms with Crippen LogP contribution in [0.2, 0.25) is 10.0 Å². The van der Waals surface area contributed by atoms with Crippen molar-refractivity contribution in [3.63, 3.8) is 0 Å². The van der Waals surface area contributed by atoms with Crippen molar-refractivity contribution in [2.75, 3.05) is 51.3 Å². The quantitative estimate of drug-likeness (QED) is 0.0227. The lowest BCUT2D eigenvalue weighted by Crippen LogP contribution is -2.64. The molecule has 0 spiro atoms. The van der Waals surface area contributed by atoms with Crippen molar-refractivity contribution >= 4 is 81.8 Å². The van der Waals surface area contributed by atoms with Gasteiger partial charge in [0.25, 0.3) is 0 Å². The first-order chi connectivity index (χ1) is 63.0. The minimum Gasteiger partial charge on any atom is -0.508 e. The molecule has 0 radical (unpaired) electrons. The van der Waals surface area contributed by atoms with Crippen LogP contribution in [0, 0.1) is 47.3 Å². The Kier molecular flexibility index (Phi) is 31.1. The number of ketones is 3. The van der Waals surface area contributed by atoms with Gasteiger partial charge in [0.05, 0.1) is 46.4 Å². The van der Waals surface area contributed by atoms with E-state index in [0.29, 0.717) is 50.2 Å². The summed E-state index contributed by atoms with van der Waals surface area (Å²) in [6, 6.07) is 10.3. The van der Waals surface area contributed by atoms with E-state index in [1.165, 1.54) is 68.4 Å². The summed E-state index contributed by atoms with van der Waals surface area (Å²) in [7, 11) is 0. The molecule has 4 aliphatic carbocycles. The molecule has 11 aliphatic rings. The zero-order chi connectivity index (χ0) is 94.6. The number of hydrogen-bond acceptors (Lipinski definition) is 29. The van der Waals surface area contributed by atoms with Crippen molar-refractivity contribution in [2.45, 2.75) is 223 Å². The Morgan fingerprint density at radius 3 is 1.93 bits per heavy atom. The minimum atomic E-state index is -2.28. The molecule has 0 aromatic heterocycles. The van der Waals surface area contributed by atoms with Crippen molar-refractivity contribution in [1.82, 2.24) is 37.2 Å². The highest BCUT2D eigenvalue weighted by molar-refractivity contribution is 6.32. The van der Waals surface area contributed by atoms with Crippen LogP contribution in [0.15, 0.2) is 97.1 Å². The number of ether oxygens (including phenoxy) is 8. The molecule has 7 aliphatic heterocycles. The van der Waals surface area contributed by atoms with Gasteiger partial charge in [0, 0.05) is 79.9 Å². The zero-order valence-electron chi connectivity index (χ0n) is 74.3. The Labute approximate surface area is 772 Å². The van der Waals surface area contributed by atoms with Crippen LogP contribution in [0.1, 0.15) is 184 Å². The van der Waals surface area contributed by atoms with E-state index in [1.54, 1.807) is 13.0 Å². The molecule has 18 atom stereocenters. The van der Waals surface area contributed by atoms with Gasteiger partial charge in [-0.1, -0.05) is 76.0 Å². The molecule has 35 nitrogen and oxygen atoms in total. The van der Waals surface area contributed by atoms with Crippen LogP contribution in [0.25, 0.3) is 11.1 Å². The Hall–Kier alpha value is -10.4. The van der Waals surface area contributed by atoms with Gasteiger partial charge < -0.3 is 127 Å². The van der Waals surface area contributed by atoms with Gasteiger partial charge in [-0.2, -0.15) is 0 Å². The van der Waals surface area contributed by atoms with Gasteiger partial charge in [-0.3, -0.25) is 43.7 Å². The van der Waals surface area contributed by atoms with Crippen LogP contribution in [-0.2, 0) is 52.6 Å². The molecular weight excluding hydrogens is 1750 g/mol. The maximum absolute atomic E-state index is 16.9. The number of rotatable bonds is 26. The van der Waals surface area contributed by atoms with Gasteiger partial charge in [0.2, 0.25) is 41.6 Å². The number of phenolic OH excluding ortho intramolecular Hbond substituents is 3. The number of anilines is 1. The summed E-state index contributed by atoms with van der Waals surface area (Å²) in [5.41, 5.74) is 3.53. The lowest BCUT2D eigenvalue weighted by Gasteiger charge is -2.54. The second-order valence-electron chi connectivity index (χ2n) is 36.6. The number of nitrogens with one attached hydrogen (secondary N) is 8. The molecule has 132 heavy (non-hydrogen) atoms. The molecule has 17 rings (SSSR count). The summed E-state index contributed by atoms with van der Waals surface area (Å²) in [4.78, 5) is 141. The Balaban J connectivity index is 0.949. The summed E-state index contributed by atoms with van der Waals surface area (Å²) >= 11 is 14.6. The number of likely N-dealkylation sites (N-methyl/N-ethyl adjacent to an activating group) is 2. The van der Waals surface area contributed by atoms with Gasteiger partial charge in [-0.15, -0.1) is 0 Å². The maximum atomic E-state index is 16.9. The standard InChI is InChI=1S/C95H117Cl2N9O26/c1-8-47(23-43(4)5)89(120)105-80-66(111)32-54(35-75(114)102-94(124)101-63-15-14-56(125-21-19-99-9-2)38-71(63)126-22-20-100-10-3)90(121)103-78-53-33-72(128-69-17-12-49(82(80)115)30-61(69)96)86(132-93-87(85(118)84(117)74(42-107)130-93)131-76-41-95(7,98)88(119)44(6)127-76)73(34-53)129-70-18-13-50(31-62(70)97)83(116)81-92(123)104-79(68(113)39-57-51-25-45-24-46(27-51)28-52(57)26-45)60-36-55(108)37-65(110)77(60)59-29-48(11-16-64(59)109)58(40-67(78)112)91(122)106-81/h11-18,29-31,33-34,36-38,43-47,51-52,54,57-58,74,76,78-85,87-88,93,99-100,107-110,115-119H,8-10,19-28,32,35,39-42,98H2,1-7H3,(H,103,121)(H,104,123)(H,105,120)(H,106,122)(H2,101,102,114,124)/t44-,45?,46?,47+,51?,52?,54-,57?,58+,74+,76-,78+,79-,80-,81-,82+,83+,84+,85-,87+,88+,93-,95-/m0/s1. The van der Waals surface area contributed by atoms with Crippen LogP contribution in [0.3, 0.4) is 0 Å². The van der Waals surface area contributed by atoms with Crippen molar-refractivity contribution in [2.24, 2.45) is 53.1 Å². The lowest BCUT2D eigenvalue weighted by atomic mass is 9.51. The van der Waals surface area contributed by atoms with Crippen molar-refractivity contribution < 1.29 is 127 Å². The van der Waals surface area contributed by atoms with E-state index < -0.39 is 228 Å². The number of phenols is 3. The first-order valence-corrected chi connectivity index (χ1v) is 45.9. The Bertz CT molecular complexity index is 5270. The van der Waals surface area contributed by atoms with Crippen molar-refractivity contribution in [1.29, 1.82) is 0 Å². The number of amides is 7. The Morgan fingerprint density at radius 1 is 0.667 bits per heavy atom. The molecule has 7 heterocycles. The molecule has 6 aromatic rings. The molecule has 37 heteroatoms. The molecule has 2 saturated heterocycles. The number of hydrogen-bond donors (Lipinski definition) is 18. The number of carbonyl (C=O) groups excluding carboxylic acids is 9. The van der Waals surface area contributed by atoms with Gasteiger partial charge in [0.1, 0.15) is 108 Å². The molecule has 6 aromatic carbocycles. The number of aliphatic hydroxyl groups is 6. The summed E-state index contributed by atoms with van der Waals surface area (Å²) in [6.07, 6.45) is -15.9. The number of urea groups is 1. The van der Waals surface area contributed by atoms with E-state index in [-0.39, 0.29) is 123 Å². The number of nitrogens with two attached hydrogens (primary N) is 1. The number of carbonyl (C=O) groups is 9. The average molecular weight is 1870 g/mol. The first kappa shape index (κ1) is 97.7. The number of imide groups is 1. The number of aliphatic hydroxyl groups excluding tert-OH is 6. The molecule has 19 N–H and O–H groups in total. The van der Waals surface area contributed by atoms with Crippen LogP contribution in [0.5, 0.6) is 57.5 Å². The SMILES string of the molecule is CCNCCOc1ccc(NC(=O)NC(=O)C[C@@H]2CC(=O)[C@H](NC(=O)[C@H](CC)CC(C)C)[C@H](O)c3ccc(c(Cl)c3)Oc3cc4cc(c3O[C@@H]3O[C@H](CO)[C@@H](O)[C@H](O)[C@H]3O[C@H]3C[C@](C)(N)[C@H](O)[C@H](C)O3)Oc3ccc(cc3Cl)[C@@H](O)[C@@H]3NC(=O)[C@H](CC(=O)[C@@H]4NC2=O)c2ccc(O)c(c2)-c2c(O)cc(O)cc2[C@@H](C(=O)CC2C4CC5CC(C4)CC2C5)NC3=O)c(OCCNCC)c1. The molecule has 712 valence electrons. The predicted molar refractivity (Wildman–Crippen MR) is 478 cm³/mol. The van der Waals surface area contributed by atoms with Crippen LogP contribution in [0.4, 0.5) is 10.5 Å². The largest absolute Gasteiger partial charge is 0.508 e. The number of fused-ring (bicyclic) bond motifs is 15. The molecular formula is C95H117Cl2N9O26. The first-order valence-electron chi connectivity index (χ1n) is 45.1. The van der Waals surface area contributed by atoms with Crippen molar-refractivity contribution in [3.05, 3.63) is 135 Å². The summed E-state index contributed by atoms with van der Waals surface area (Å²) in [6.45, 7) is 13.9. The van der Waals surface area contributed by atoms with Crippen LogP contribution >= 0.6 is 23.2 Å². The number of aromatic hydroxyl groups is 3. The fraction of sp³-hybridized carbons (Fsp3) is 0.526. The third kappa shape index (κ3) is 22.0.